The first-order chi connectivity index (χ1) is 17.7. The van der Waals surface area contributed by atoms with Crippen molar-refractivity contribution in [3.05, 3.63) is 107 Å². The molecule has 4 aromatic rings. The van der Waals surface area contributed by atoms with Crippen molar-refractivity contribution in [2.45, 2.75) is 25.2 Å². The van der Waals surface area contributed by atoms with Gasteiger partial charge in [0.25, 0.3) is 0 Å². The highest BCUT2D eigenvalue weighted by atomic mass is 28.3. The molecule has 6 rings (SSSR count). The van der Waals surface area contributed by atoms with Crippen molar-refractivity contribution in [1.29, 1.82) is 0 Å². The summed E-state index contributed by atoms with van der Waals surface area (Å²) in [6, 6.07) is 31.6. The molecule has 0 aliphatic carbocycles. The fourth-order valence-corrected chi connectivity index (χ4v) is 9.78. The summed E-state index contributed by atoms with van der Waals surface area (Å²) in [6.45, 7) is 5.84. The van der Waals surface area contributed by atoms with Crippen LogP contribution < -0.4 is 30.8 Å². The second kappa shape index (κ2) is 8.15. The van der Waals surface area contributed by atoms with Gasteiger partial charge in [-0.05, 0) is 69.0 Å². The quantitative estimate of drug-likeness (QED) is 0.320. The number of nitrogens with two attached hydrogens (primary N) is 1. The minimum atomic E-state index is -2.06. The van der Waals surface area contributed by atoms with Crippen molar-refractivity contribution in [2.24, 2.45) is 0 Å². The molecule has 0 aromatic heterocycles. The summed E-state index contributed by atoms with van der Waals surface area (Å²) in [7, 11) is 6.48. The Hall–Kier alpha value is -3.70. The Bertz CT molecular complexity index is 1460. The lowest BCUT2D eigenvalue weighted by atomic mass is 9.76. The fourth-order valence-electron chi connectivity index (χ4n) is 6.60. The summed E-state index contributed by atoms with van der Waals surface area (Å²) in [5.74, 6) is 0. The summed E-state index contributed by atoms with van der Waals surface area (Å²) < 4.78 is 0. The molecule has 0 saturated carbocycles. The molecule has 0 bridgehead atoms. The van der Waals surface area contributed by atoms with Crippen molar-refractivity contribution in [3.63, 3.8) is 0 Å². The normalized spacial score (nSPS) is 16.2. The number of nitrogens with zero attached hydrogens (tertiary/aromatic N) is 3. The minimum Gasteiger partial charge on any atom is -0.397 e. The van der Waals surface area contributed by atoms with Crippen LogP contribution in [-0.4, -0.2) is 36.3 Å². The Labute approximate surface area is 222 Å². The van der Waals surface area contributed by atoms with Gasteiger partial charge in [0.2, 0.25) is 0 Å². The number of rotatable bonds is 3. The van der Waals surface area contributed by atoms with Gasteiger partial charge < -0.3 is 20.4 Å². The lowest BCUT2D eigenvalue weighted by Gasteiger charge is -2.50. The van der Waals surface area contributed by atoms with Crippen molar-refractivity contribution < 1.29 is 0 Å². The number of hydrogen-bond donors (Lipinski definition) is 1. The first-order valence-electron chi connectivity index (χ1n) is 13.0. The van der Waals surface area contributed by atoms with Crippen LogP contribution in [0.1, 0.15) is 22.3 Å². The van der Waals surface area contributed by atoms with Gasteiger partial charge in [-0.1, -0.05) is 61.6 Å². The van der Waals surface area contributed by atoms with Crippen molar-refractivity contribution in [3.8, 4) is 0 Å². The fraction of sp³-hybridized carbons (Fsp3) is 0.250. The van der Waals surface area contributed by atoms with Gasteiger partial charge in [-0.25, -0.2) is 0 Å². The number of hydrogen-bond acceptors (Lipinski definition) is 4. The lowest BCUT2D eigenvalue weighted by Crippen LogP contribution is -2.66. The second-order valence-electron chi connectivity index (χ2n) is 11.4. The van der Waals surface area contributed by atoms with Gasteiger partial charge in [-0.3, -0.25) is 0 Å². The summed E-state index contributed by atoms with van der Waals surface area (Å²) in [5, 5.41) is 3.00. The van der Waals surface area contributed by atoms with E-state index in [-0.39, 0.29) is 0 Å². The van der Waals surface area contributed by atoms with Crippen molar-refractivity contribution in [2.75, 3.05) is 48.6 Å². The summed E-state index contributed by atoms with van der Waals surface area (Å²) in [5.41, 5.74) is 16.2. The van der Waals surface area contributed by atoms with Gasteiger partial charge in [0, 0.05) is 46.1 Å². The van der Waals surface area contributed by atoms with E-state index in [1.807, 2.05) is 12.1 Å². The Morgan fingerprint density at radius 1 is 0.703 bits per heavy atom. The average Bonchev–Trinajstić information content (AvgIpc) is 3.23. The van der Waals surface area contributed by atoms with Gasteiger partial charge in [0.15, 0.2) is 0 Å². The van der Waals surface area contributed by atoms with E-state index in [0.29, 0.717) is 0 Å². The molecule has 0 amide bonds. The second-order valence-corrected chi connectivity index (χ2v) is 15.7. The van der Waals surface area contributed by atoms with E-state index in [0.717, 1.165) is 17.9 Å². The molecule has 1 spiro atoms. The third-order valence-electron chi connectivity index (χ3n) is 8.53. The smallest absolute Gasteiger partial charge is 0.117 e. The van der Waals surface area contributed by atoms with E-state index in [2.05, 4.69) is 129 Å². The van der Waals surface area contributed by atoms with E-state index in [1.165, 1.54) is 44.0 Å². The molecule has 37 heavy (non-hydrogen) atoms. The SMILES string of the molecule is CN(C)c1ccc2c(c1)[Si](C)(C)c1cc(N(C)C)ccc1C21c2ccccc2CN1c1ccccc1N. The zero-order chi connectivity index (χ0) is 26.1. The molecule has 0 radical (unpaired) electrons. The molecule has 188 valence electrons. The number of nitrogen functional groups attached to an aromatic ring is 1. The Kier molecular flexibility index (Phi) is 5.22. The van der Waals surface area contributed by atoms with Gasteiger partial charge in [0.1, 0.15) is 13.6 Å². The zero-order valence-electron chi connectivity index (χ0n) is 22.7. The van der Waals surface area contributed by atoms with E-state index in [4.69, 9.17) is 5.73 Å². The highest BCUT2D eigenvalue weighted by molar-refractivity contribution is 7.01. The molecule has 0 unspecified atom stereocenters. The topological polar surface area (TPSA) is 35.7 Å². The van der Waals surface area contributed by atoms with Crippen LogP contribution in [0.2, 0.25) is 13.1 Å². The molecule has 0 fully saturated rings. The molecule has 0 saturated heterocycles. The van der Waals surface area contributed by atoms with Crippen LogP contribution in [0.4, 0.5) is 22.7 Å². The summed E-state index contributed by atoms with van der Waals surface area (Å²) in [6.07, 6.45) is 0. The lowest BCUT2D eigenvalue weighted by molar-refractivity contribution is 0.608. The number of fused-ring (bicyclic) bond motifs is 6. The van der Waals surface area contributed by atoms with Crippen molar-refractivity contribution in [1.82, 2.24) is 0 Å². The third-order valence-corrected chi connectivity index (χ3v) is 12.1. The maximum absolute atomic E-state index is 6.70. The van der Waals surface area contributed by atoms with Crippen LogP contribution in [0.3, 0.4) is 0 Å². The molecule has 4 aromatic carbocycles. The minimum absolute atomic E-state index is 0.449. The average molecular weight is 505 g/mol. The predicted molar refractivity (Wildman–Crippen MR) is 162 cm³/mol. The summed E-state index contributed by atoms with van der Waals surface area (Å²) in [4.78, 5) is 7.01. The predicted octanol–water partition coefficient (Wildman–Crippen LogP) is 4.85. The third kappa shape index (κ3) is 3.20. The highest BCUT2D eigenvalue weighted by Gasteiger charge is 2.55. The molecular formula is C32H36N4Si. The number of anilines is 4. The molecule has 0 atom stereocenters. The molecule has 2 aliphatic rings. The first kappa shape index (κ1) is 23.7. The van der Waals surface area contributed by atoms with E-state index in [9.17, 15) is 0 Å². The Morgan fingerprint density at radius 2 is 1.24 bits per heavy atom. The Balaban J connectivity index is 1.79. The molecule has 2 aliphatic heterocycles. The standard InChI is InChI=1S/C32H36N4Si/c1-34(2)23-15-17-26-30(19-23)37(5,6)31-20-24(35(3)4)16-18-27(31)32(26)25-12-8-7-11-22(25)21-36(32)29-14-10-9-13-28(29)33/h7-20H,21,33H2,1-6H3. The zero-order valence-corrected chi connectivity index (χ0v) is 23.7. The van der Waals surface area contributed by atoms with Gasteiger partial charge in [-0.15, -0.1) is 0 Å². The van der Waals surface area contributed by atoms with Crippen LogP contribution in [0.25, 0.3) is 0 Å². The van der Waals surface area contributed by atoms with Gasteiger partial charge in [0.05, 0.1) is 11.4 Å². The molecule has 4 nitrogen and oxygen atoms in total. The number of benzene rings is 4. The van der Waals surface area contributed by atoms with E-state index in [1.54, 1.807) is 0 Å². The molecule has 2 heterocycles. The van der Waals surface area contributed by atoms with Crippen molar-refractivity contribution >= 4 is 41.2 Å². The van der Waals surface area contributed by atoms with Gasteiger partial charge in [-0.2, -0.15) is 0 Å². The monoisotopic (exact) mass is 504 g/mol. The van der Waals surface area contributed by atoms with Crippen LogP contribution in [0.5, 0.6) is 0 Å². The highest BCUT2D eigenvalue weighted by Crippen LogP contribution is 2.53. The van der Waals surface area contributed by atoms with Crippen LogP contribution in [0.15, 0.2) is 84.9 Å². The number of para-hydroxylation sites is 2. The maximum Gasteiger partial charge on any atom is 0.117 e. The molecule has 2 N–H and O–H groups in total. The van der Waals surface area contributed by atoms with Gasteiger partial charge >= 0.3 is 0 Å². The van der Waals surface area contributed by atoms with E-state index < -0.39 is 13.6 Å². The van der Waals surface area contributed by atoms with E-state index >= 15 is 0 Å². The largest absolute Gasteiger partial charge is 0.397 e. The Morgan fingerprint density at radius 3 is 1.81 bits per heavy atom. The van der Waals surface area contributed by atoms with Crippen LogP contribution >= 0.6 is 0 Å². The maximum atomic E-state index is 6.70. The first-order valence-corrected chi connectivity index (χ1v) is 16.0. The summed E-state index contributed by atoms with van der Waals surface area (Å²) >= 11 is 0. The van der Waals surface area contributed by atoms with Crippen LogP contribution in [0, 0.1) is 0 Å². The molecule has 5 heteroatoms. The van der Waals surface area contributed by atoms with Crippen LogP contribution in [-0.2, 0) is 12.1 Å². The molecular weight excluding hydrogens is 468 g/mol.